The van der Waals surface area contributed by atoms with Crippen LogP contribution in [0.4, 0.5) is 0 Å². The molecule has 0 unspecified atom stereocenters. The van der Waals surface area contributed by atoms with Crippen molar-refractivity contribution >= 4 is 17.7 Å². The number of thioether (sulfide) groups is 1. The number of hydrogen-bond acceptors (Lipinski definition) is 5. The molecule has 0 fully saturated rings. The fourth-order valence-corrected chi connectivity index (χ4v) is 3.53. The molecule has 0 aliphatic rings. The normalized spacial score (nSPS) is 12.2. The molecule has 0 bridgehead atoms. The molecule has 0 amide bonds. The second kappa shape index (κ2) is 15.1. The van der Waals surface area contributed by atoms with Crippen LogP contribution in [0.1, 0.15) is 65.5 Å². The molecule has 0 aliphatic heterocycles. The second-order valence-corrected chi connectivity index (χ2v) is 8.73. The maximum Gasteiger partial charge on any atom is 0.306 e. The molecular formula is C23H37N3O2S. The lowest BCUT2D eigenvalue weighted by atomic mass is 10.1. The van der Waals surface area contributed by atoms with Gasteiger partial charge in [-0.25, -0.2) is 0 Å². The van der Waals surface area contributed by atoms with Crippen LogP contribution in [-0.2, 0) is 22.5 Å². The van der Waals surface area contributed by atoms with Gasteiger partial charge in [-0.2, -0.15) is 11.8 Å². The van der Waals surface area contributed by atoms with Crippen LogP contribution in [0.5, 0.6) is 0 Å². The molecule has 0 aromatic carbocycles. The number of aromatic nitrogens is 3. The van der Waals surface area contributed by atoms with Crippen LogP contribution >= 0.6 is 11.8 Å². The standard InChI is InChI=1S/C23H37N3O2S/c1-19(2)8-6-9-20(3)10-7-11-22-18-26(25-24-22)15-12-21(4)13-16-29-17-14-23(27)28-5/h8,10,13,18H,6-7,9,11-12,14-17H2,1-5H3/b20-10+,21-13+. The Morgan fingerprint density at radius 3 is 2.55 bits per heavy atom. The van der Waals surface area contributed by atoms with Crippen molar-refractivity contribution in [2.45, 2.75) is 72.8 Å². The molecule has 1 heterocycles. The van der Waals surface area contributed by atoms with Crippen LogP contribution in [0, 0.1) is 0 Å². The summed E-state index contributed by atoms with van der Waals surface area (Å²) in [5.74, 6) is 1.57. The number of aryl methyl sites for hydroxylation is 2. The third-order valence-corrected chi connectivity index (χ3v) is 5.43. The highest BCUT2D eigenvalue weighted by Crippen LogP contribution is 2.11. The van der Waals surface area contributed by atoms with E-state index in [1.807, 2.05) is 4.68 Å². The minimum absolute atomic E-state index is 0.144. The Labute approximate surface area is 180 Å². The van der Waals surface area contributed by atoms with Crippen LogP contribution in [-0.4, -0.2) is 39.6 Å². The molecule has 0 N–H and O–H groups in total. The number of carbonyl (C=O) groups excluding carboxylic acids is 1. The van der Waals surface area contributed by atoms with Crippen molar-refractivity contribution in [3.8, 4) is 0 Å². The number of allylic oxidation sites excluding steroid dienone is 5. The van der Waals surface area contributed by atoms with E-state index in [1.165, 1.54) is 23.8 Å². The Morgan fingerprint density at radius 1 is 1.07 bits per heavy atom. The monoisotopic (exact) mass is 419 g/mol. The van der Waals surface area contributed by atoms with E-state index in [4.69, 9.17) is 0 Å². The molecule has 5 nitrogen and oxygen atoms in total. The number of nitrogens with zero attached hydrogens (tertiary/aromatic N) is 3. The molecule has 29 heavy (non-hydrogen) atoms. The number of carbonyl (C=O) groups is 1. The van der Waals surface area contributed by atoms with Crippen LogP contribution in [0.15, 0.2) is 41.1 Å². The fraction of sp³-hybridized carbons (Fsp3) is 0.609. The first-order valence-electron chi connectivity index (χ1n) is 10.4. The number of hydrogen-bond donors (Lipinski definition) is 0. The highest BCUT2D eigenvalue weighted by atomic mass is 32.2. The van der Waals surface area contributed by atoms with Crippen molar-refractivity contribution in [1.82, 2.24) is 15.0 Å². The quantitative estimate of drug-likeness (QED) is 0.225. The number of ether oxygens (including phenoxy) is 1. The fourth-order valence-electron chi connectivity index (χ4n) is 2.65. The number of esters is 1. The molecule has 162 valence electrons. The van der Waals surface area contributed by atoms with E-state index >= 15 is 0 Å². The Hall–Kier alpha value is -1.82. The van der Waals surface area contributed by atoms with Crippen molar-refractivity contribution in [2.75, 3.05) is 18.6 Å². The highest BCUT2D eigenvalue weighted by molar-refractivity contribution is 7.99. The van der Waals surface area contributed by atoms with Crippen molar-refractivity contribution in [2.24, 2.45) is 0 Å². The van der Waals surface area contributed by atoms with Gasteiger partial charge in [0.2, 0.25) is 0 Å². The minimum Gasteiger partial charge on any atom is -0.469 e. The predicted octanol–water partition coefficient (Wildman–Crippen LogP) is 5.54. The molecule has 1 rings (SSSR count). The van der Waals surface area contributed by atoms with Gasteiger partial charge in [0, 0.05) is 24.2 Å². The van der Waals surface area contributed by atoms with Gasteiger partial charge in [-0.05, 0) is 59.8 Å². The smallest absolute Gasteiger partial charge is 0.306 e. The maximum atomic E-state index is 11.1. The van der Waals surface area contributed by atoms with E-state index in [0.717, 1.165) is 55.8 Å². The Bertz CT molecular complexity index is 701. The summed E-state index contributed by atoms with van der Waals surface area (Å²) < 4.78 is 6.57. The summed E-state index contributed by atoms with van der Waals surface area (Å²) >= 11 is 1.75. The topological polar surface area (TPSA) is 57.0 Å². The van der Waals surface area contributed by atoms with E-state index < -0.39 is 0 Å². The molecule has 0 radical (unpaired) electrons. The molecule has 1 aromatic rings. The van der Waals surface area contributed by atoms with Crippen molar-refractivity contribution < 1.29 is 9.53 Å². The van der Waals surface area contributed by atoms with Gasteiger partial charge >= 0.3 is 5.97 Å². The zero-order chi connectivity index (χ0) is 21.5. The first-order chi connectivity index (χ1) is 13.9. The zero-order valence-electron chi connectivity index (χ0n) is 18.7. The summed E-state index contributed by atoms with van der Waals surface area (Å²) in [6, 6.07) is 0. The first kappa shape index (κ1) is 25.2. The number of methoxy groups -OCH3 is 1. The molecule has 0 saturated heterocycles. The predicted molar refractivity (Wildman–Crippen MR) is 123 cm³/mol. The average molecular weight is 420 g/mol. The summed E-state index contributed by atoms with van der Waals surface area (Å²) in [5.41, 5.74) is 5.22. The molecule has 0 saturated carbocycles. The Kier molecular flexibility index (Phi) is 13.1. The van der Waals surface area contributed by atoms with E-state index in [9.17, 15) is 4.79 Å². The van der Waals surface area contributed by atoms with Gasteiger partial charge in [-0.1, -0.05) is 40.2 Å². The lowest BCUT2D eigenvalue weighted by Gasteiger charge is -2.02. The van der Waals surface area contributed by atoms with E-state index in [1.54, 1.807) is 11.8 Å². The summed E-state index contributed by atoms with van der Waals surface area (Å²) in [6.45, 7) is 9.48. The van der Waals surface area contributed by atoms with Crippen LogP contribution in [0.3, 0.4) is 0 Å². The Balaban J connectivity index is 2.25. The number of rotatable bonds is 14. The Morgan fingerprint density at radius 2 is 1.83 bits per heavy atom. The third-order valence-electron chi connectivity index (χ3n) is 4.53. The molecule has 6 heteroatoms. The third kappa shape index (κ3) is 13.1. The molecular weight excluding hydrogens is 382 g/mol. The highest BCUT2D eigenvalue weighted by Gasteiger charge is 2.02. The molecule has 0 aliphatic carbocycles. The maximum absolute atomic E-state index is 11.1. The molecule has 0 atom stereocenters. The van der Waals surface area contributed by atoms with Gasteiger partial charge in [0.1, 0.15) is 0 Å². The van der Waals surface area contributed by atoms with E-state index in [0.29, 0.717) is 6.42 Å². The zero-order valence-corrected chi connectivity index (χ0v) is 19.6. The van der Waals surface area contributed by atoms with E-state index in [2.05, 4.69) is 67.2 Å². The van der Waals surface area contributed by atoms with Crippen LogP contribution < -0.4 is 0 Å². The summed E-state index contributed by atoms with van der Waals surface area (Å²) in [7, 11) is 1.43. The lowest BCUT2D eigenvalue weighted by molar-refractivity contribution is -0.140. The van der Waals surface area contributed by atoms with Gasteiger partial charge in [0.05, 0.1) is 19.2 Å². The largest absolute Gasteiger partial charge is 0.469 e. The lowest BCUT2D eigenvalue weighted by Crippen LogP contribution is -2.01. The average Bonchev–Trinajstić information content (AvgIpc) is 3.13. The van der Waals surface area contributed by atoms with Gasteiger partial charge in [-0.15, -0.1) is 5.10 Å². The van der Waals surface area contributed by atoms with Crippen LogP contribution in [0.2, 0.25) is 0 Å². The SMILES string of the molecule is COC(=O)CCSC/C=C(\C)CCn1cc(CC/C=C(\C)CCC=C(C)C)nn1. The minimum atomic E-state index is -0.144. The van der Waals surface area contributed by atoms with Gasteiger partial charge in [0.25, 0.3) is 0 Å². The summed E-state index contributed by atoms with van der Waals surface area (Å²) in [6.07, 6.45) is 14.5. The van der Waals surface area contributed by atoms with Gasteiger partial charge in [0.15, 0.2) is 0 Å². The first-order valence-corrected chi connectivity index (χ1v) is 11.5. The van der Waals surface area contributed by atoms with Crippen molar-refractivity contribution in [3.05, 3.63) is 46.8 Å². The molecule has 1 aromatic heterocycles. The second-order valence-electron chi connectivity index (χ2n) is 7.58. The van der Waals surface area contributed by atoms with E-state index in [-0.39, 0.29) is 5.97 Å². The van der Waals surface area contributed by atoms with Crippen molar-refractivity contribution in [3.63, 3.8) is 0 Å². The van der Waals surface area contributed by atoms with Crippen LogP contribution in [0.25, 0.3) is 0 Å². The van der Waals surface area contributed by atoms with Gasteiger partial charge in [-0.3, -0.25) is 9.48 Å². The molecule has 0 spiro atoms. The van der Waals surface area contributed by atoms with Crippen molar-refractivity contribution in [1.29, 1.82) is 0 Å². The summed E-state index contributed by atoms with van der Waals surface area (Å²) in [4.78, 5) is 11.1. The van der Waals surface area contributed by atoms with Gasteiger partial charge < -0.3 is 4.74 Å². The summed E-state index contributed by atoms with van der Waals surface area (Å²) in [5, 5.41) is 8.54.